The molecule has 0 saturated heterocycles. The molecule has 0 bridgehead atoms. The standard InChI is InChI=1S/C12H15N2.W/c1-3-4-6-11-9-10(2)13-12-7-5-8-14(11)12;/h5,7-8H,3-4,6H2,1-2H3;/q-1;. The van der Waals surface area contributed by atoms with E-state index < -0.39 is 0 Å². The summed E-state index contributed by atoms with van der Waals surface area (Å²) in [7, 11) is 0. The van der Waals surface area contributed by atoms with Crippen LogP contribution in [-0.4, -0.2) is 9.38 Å². The van der Waals surface area contributed by atoms with E-state index in [1.54, 1.807) is 0 Å². The third-order valence-corrected chi connectivity index (χ3v) is 2.39. The van der Waals surface area contributed by atoms with Gasteiger partial charge in [-0.05, 0) is 18.6 Å². The molecule has 3 heteroatoms. The Kier molecular flexibility index (Phi) is 4.53. The van der Waals surface area contributed by atoms with Crippen LogP contribution < -0.4 is 0 Å². The van der Waals surface area contributed by atoms with Crippen molar-refractivity contribution in [1.29, 1.82) is 0 Å². The van der Waals surface area contributed by atoms with Crippen molar-refractivity contribution in [3.8, 4) is 0 Å². The molecule has 0 N–H and O–H groups in total. The van der Waals surface area contributed by atoms with E-state index in [1.807, 2.05) is 19.1 Å². The number of rotatable bonds is 3. The van der Waals surface area contributed by atoms with Gasteiger partial charge in [-0.3, -0.25) is 4.98 Å². The van der Waals surface area contributed by atoms with Gasteiger partial charge in [0.25, 0.3) is 0 Å². The van der Waals surface area contributed by atoms with Crippen molar-refractivity contribution < 1.29 is 21.1 Å². The van der Waals surface area contributed by atoms with Gasteiger partial charge in [-0.1, -0.05) is 26.7 Å². The average molecular weight is 371 g/mol. The fourth-order valence-electron chi connectivity index (χ4n) is 1.69. The summed E-state index contributed by atoms with van der Waals surface area (Å²) in [5, 5.41) is 0. The minimum Gasteiger partial charge on any atom is -0.429 e. The minimum atomic E-state index is 0. The SMILES string of the molecule is CCCCc1[c-]c(C)nc2cccn12.[W]. The Morgan fingerprint density at radius 3 is 3.00 bits per heavy atom. The molecule has 2 nitrogen and oxygen atoms in total. The van der Waals surface area contributed by atoms with Crippen molar-refractivity contribution in [2.45, 2.75) is 33.1 Å². The van der Waals surface area contributed by atoms with Crippen LogP contribution in [0.4, 0.5) is 0 Å². The monoisotopic (exact) mass is 371 g/mol. The predicted octanol–water partition coefficient (Wildman–Crippen LogP) is 2.78. The predicted molar refractivity (Wildman–Crippen MR) is 57.4 cm³/mol. The third kappa shape index (κ3) is 2.69. The van der Waals surface area contributed by atoms with Crippen LogP contribution in [-0.2, 0) is 27.5 Å². The molecular weight excluding hydrogens is 356 g/mol. The first-order valence-corrected chi connectivity index (χ1v) is 5.17. The van der Waals surface area contributed by atoms with Crippen molar-refractivity contribution in [2.24, 2.45) is 0 Å². The summed E-state index contributed by atoms with van der Waals surface area (Å²) in [4.78, 5) is 4.41. The molecule has 2 aromatic rings. The van der Waals surface area contributed by atoms with Crippen molar-refractivity contribution in [1.82, 2.24) is 9.38 Å². The summed E-state index contributed by atoms with van der Waals surface area (Å²) < 4.78 is 2.13. The number of aryl methyl sites for hydroxylation is 2. The maximum atomic E-state index is 4.41. The smallest absolute Gasteiger partial charge is 0.131 e. The molecule has 80 valence electrons. The van der Waals surface area contributed by atoms with Crippen LogP contribution in [0.3, 0.4) is 0 Å². The third-order valence-electron chi connectivity index (χ3n) is 2.39. The summed E-state index contributed by atoms with van der Waals surface area (Å²) in [6, 6.07) is 7.39. The topological polar surface area (TPSA) is 17.3 Å². The van der Waals surface area contributed by atoms with E-state index in [2.05, 4.69) is 28.6 Å². The number of nitrogens with zero attached hydrogens (tertiary/aromatic N) is 2. The molecule has 0 fully saturated rings. The Hall–Kier alpha value is -0.622. The first kappa shape index (κ1) is 12.4. The molecular formula is C12H15N2W-. The number of fused-ring (bicyclic) bond motifs is 1. The van der Waals surface area contributed by atoms with Crippen molar-refractivity contribution in [2.75, 3.05) is 0 Å². The molecule has 0 unspecified atom stereocenters. The van der Waals surface area contributed by atoms with Crippen LogP contribution in [0.15, 0.2) is 18.3 Å². The molecule has 0 spiro atoms. The van der Waals surface area contributed by atoms with Gasteiger partial charge >= 0.3 is 0 Å². The first-order chi connectivity index (χ1) is 6.81. The maximum absolute atomic E-state index is 4.41. The van der Waals surface area contributed by atoms with Gasteiger partial charge in [0.15, 0.2) is 0 Å². The molecule has 0 aliphatic heterocycles. The van der Waals surface area contributed by atoms with Gasteiger partial charge in [-0.2, -0.15) is 5.69 Å². The van der Waals surface area contributed by atoms with E-state index in [0.717, 1.165) is 17.8 Å². The maximum Gasteiger partial charge on any atom is 0.131 e. The number of aromatic nitrogens is 2. The molecule has 0 aliphatic carbocycles. The van der Waals surface area contributed by atoms with Gasteiger partial charge < -0.3 is 10.5 Å². The zero-order chi connectivity index (χ0) is 9.97. The first-order valence-electron chi connectivity index (χ1n) is 5.17. The van der Waals surface area contributed by atoms with Gasteiger partial charge in [-0.15, -0.1) is 5.69 Å². The van der Waals surface area contributed by atoms with E-state index in [9.17, 15) is 0 Å². The second kappa shape index (κ2) is 5.46. The van der Waals surface area contributed by atoms with Crippen molar-refractivity contribution in [3.05, 3.63) is 35.8 Å². The molecule has 0 aliphatic rings. The number of hydrogen-bond acceptors (Lipinski definition) is 1. The number of unbranched alkanes of at least 4 members (excludes halogenated alkanes) is 1. The van der Waals surface area contributed by atoms with Gasteiger partial charge in [0.05, 0.1) is 0 Å². The number of hydrogen-bond donors (Lipinski definition) is 0. The molecule has 2 rings (SSSR count). The van der Waals surface area contributed by atoms with E-state index in [-0.39, 0.29) is 21.1 Å². The molecule has 0 saturated carbocycles. The zero-order valence-corrected chi connectivity index (χ0v) is 12.1. The van der Waals surface area contributed by atoms with E-state index in [4.69, 9.17) is 0 Å². The van der Waals surface area contributed by atoms with E-state index in [0.29, 0.717) is 0 Å². The van der Waals surface area contributed by atoms with Crippen LogP contribution in [0.2, 0.25) is 0 Å². The Bertz CT molecular complexity index is 434. The average Bonchev–Trinajstić information content (AvgIpc) is 2.61. The van der Waals surface area contributed by atoms with Crippen LogP contribution in [0.25, 0.3) is 5.65 Å². The quantitative estimate of drug-likeness (QED) is 0.759. The van der Waals surface area contributed by atoms with Crippen LogP contribution in [0.5, 0.6) is 0 Å². The molecule has 2 heterocycles. The summed E-state index contributed by atoms with van der Waals surface area (Å²) in [5.74, 6) is 0. The normalized spacial score (nSPS) is 10.3. The zero-order valence-electron chi connectivity index (χ0n) is 9.16. The Labute approximate surface area is 105 Å². The van der Waals surface area contributed by atoms with Gasteiger partial charge in [-0.25, -0.2) is 0 Å². The second-order valence-electron chi connectivity index (χ2n) is 3.61. The van der Waals surface area contributed by atoms with Gasteiger partial charge in [0, 0.05) is 27.3 Å². The summed E-state index contributed by atoms with van der Waals surface area (Å²) in [6.45, 7) is 4.21. The van der Waals surface area contributed by atoms with E-state index >= 15 is 0 Å². The molecule has 2 aromatic heterocycles. The van der Waals surface area contributed by atoms with Gasteiger partial charge in [0.1, 0.15) is 5.65 Å². The summed E-state index contributed by atoms with van der Waals surface area (Å²) in [6.07, 6.45) is 5.58. The Balaban J connectivity index is 0.00000112. The van der Waals surface area contributed by atoms with Crippen LogP contribution >= 0.6 is 0 Å². The largest absolute Gasteiger partial charge is 0.429 e. The minimum absolute atomic E-state index is 0. The fourth-order valence-corrected chi connectivity index (χ4v) is 1.69. The molecule has 0 aromatic carbocycles. The molecule has 0 atom stereocenters. The van der Waals surface area contributed by atoms with E-state index in [1.165, 1.54) is 18.5 Å². The summed E-state index contributed by atoms with van der Waals surface area (Å²) >= 11 is 0. The molecule has 0 radical (unpaired) electrons. The second-order valence-corrected chi connectivity index (χ2v) is 3.61. The van der Waals surface area contributed by atoms with Crippen molar-refractivity contribution >= 4 is 5.65 Å². The van der Waals surface area contributed by atoms with Crippen LogP contribution in [0, 0.1) is 13.0 Å². The molecule has 0 amide bonds. The Morgan fingerprint density at radius 1 is 1.47 bits per heavy atom. The fraction of sp³-hybridized carbons (Fsp3) is 0.417. The summed E-state index contributed by atoms with van der Waals surface area (Å²) in [5.41, 5.74) is 3.27. The van der Waals surface area contributed by atoms with Crippen molar-refractivity contribution in [3.63, 3.8) is 0 Å². The molecule has 15 heavy (non-hydrogen) atoms. The Morgan fingerprint density at radius 2 is 2.27 bits per heavy atom. The van der Waals surface area contributed by atoms with Gasteiger partial charge in [0.2, 0.25) is 0 Å². The van der Waals surface area contributed by atoms with Crippen LogP contribution in [0.1, 0.15) is 31.2 Å².